The fourth-order valence-electron chi connectivity index (χ4n) is 2.24. The van der Waals surface area contributed by atoms with Gasteiger partial charge in [0.1, 0.15) is 0 Å². The molecule has 4 nitrogen and oxygen atoms in total. The zero-order valence-electron chi connectivity index (χ0n) is 17.2. The van der Waals surface area contributed by atoms with Gasteiger partial charge in [0.15, 0.2) is 8.32 Å². The summed E-state index contributed by atoms with van der Waals surface area (Å²) in [6.07, 6.45) is 6.20. The lowest BCUT2D eigenvalue weighted by atomic mass is 9.95. The number of hydrogen-bond acceptors (Lipinski definition) is 4. The first-order chi connectivity index (χ1) is 11.4. The fraction of sp³-hybridized carbons (Fsp3) is 0.750. The van der Waals surface area contributed by atoms with Crippen LogP contribution < -0.4 is 0 Å². The Morgan fingerprint density at radius 2 is 1.88 bits per heavy atom. The van der Waals surface area contributed by atoms with Crippen molar-refractivity contribution in [3.63, 3.8) is 0 Å². The van der Waals surface area contributed by atoms with Gasteiger partial charge in [0.2, 0.25) is 0 Å². The summed E-state index contributed by atoms with van der Waals surface area (Å²) in [6, 6.07) is 0. The van der Waals surface area contributed by atoms with Crippen molar-refractivity contribution in [2.75, 3.05) is 6.61 Å². The van der Waals surface area contributed by atoms with Gasteiger partial charge in [0.25, 0.3) is 0 Å². The minimum absolute atomic E-state index is 0.0233. The second kappa shape index (κ2) is 10.9. The van der Waals surface area contributed by atoms with Crippen LogP contribution in [-0.2, 0) is 14.0 Å². The highest BCUT2D eigenvalue weighted by molar-refractivity contribution is 6.74. The molecule has 0 aliphatic heterocycles. The Kier molecular flexibility index (Phi) is 10.5. The van der Waals surface area contributed by atoms with Gasteiger partial charge in [-0.25, -0.2) is 4.79 Å². The van der Waals surface area contributed by atoms with Crippen molar-refractivity contribution < 1.29 is 19.1 Å². The molecule has 0 saturated carbocycles. The second-order valence-corrected chi connectivity index (χ2v) is 13.0. The SMILES string of the molecule is C=CC[C@@H](C)[C@H](C[C@H](O)C/C=C/C(=O)OCC)O[Si](C)(C)C(C)(C)C. The number of aliphatic hydroxyl groups excluding tert-OH is 1. The Morgan fingerprint density at radius 3 is 2.36 bits per heavy atom. The number of aliphatic hydroxyl groups is 1. The maximum absolute atomic E-state index is 11.3. The second-order valence-electron chi connectivity index (χ2n) is 8.20. The van der Waals surface area contributed by atoms with Gasteiger partial charge < -0.3 is 14.3 Å². The van der Waals surface area contributed by atoms with Crippen LogP contribution in [0.4, 0.5) is 0 Å². The maximum atomic E-state index is 11.3. The average molecular weight is 371 g/mol. The third-order valence-corrected chi connectivity index (χ3v) is 9.38. The van der Waals surface area contributed by atoms with Gasteiger partial charge in [-0.1, -0.05) is 39.8 Å². The Balaban J connectivity index is 4.89. The van der Waals surface area contributed by atoms with Gasteiger partial charge in [-0.2, -0.15) is 0 Å². The summed E-state index contributed by atoms with van der Waals surface area (Å²) in [6.45, 7) is 19.2. The molecular weight excluding hydrogens is 332 g/mol. The Hall–Kier alpha value is -0.913. The van der Waals surface area contributed by atoms with Crippen LogP contribution in [0.3, 0.4) is 0 Å². The molecule has 0 aromatic heterocycles. The number of carbonyl (C=O) groups is 1. The van der Waals surface area contributed by atoms with Crippen LogP contribution in [0, 0.1) is 5.92 Å². The molecule has 0 radical (unpaired) electrons. The molecule has 0 aromatic rings. The van der Waals surface area contributed by atoms with Crippen molar-refractivity contribution in [1.82, 2.24) is 0 Å². The van der Waals surface area contributed by atoms with Crippen molar-refractivity contribution in [1.29, 1.82) is 0 Å². The summed E-state index contributed by atoms with van der Waals surface area (Å²) in [5, 5.41) is 10.5. The Labute approximate surface area is 155 Å². The summed E-state index contributed by atoms with van der Waals surface area (Å²) < 4.78 is 11.4. The monoisotopic (exact) mass is 370 g/mol. The van der Waals surface area contributed by atoms with E-state index in [0.717, 1.165) is 6.42 Å². The summed E-state index contributed by atoms with van der Waals surface area (Å²) in [4.78, 5) is 11.3. The van der Waals surface area contributed by atoms with Gasteiger partial charge in [-0.15, -0.1) is 6.58 Å². The van der Waals surface area contributed by atoms with E-state index in [9.17, 15) is 9.90 Å². The van der Waals surface area contributed by atoms with Crippen molar-refractivity contribution in [3.8, 4) is 0 Å². The molecule has 0 bridgehead atoms. The van der Waals surface area contributed by atoms with E-state index in [2.05, 4.69) is 47.4 Å². The molecule has 0 amide bonds. The first kappa shape index (κ1) is 24.1. The molecule has 0 heterocycles. The molecule has 3 atom stereocenters. The first-order valence-corrected chi connectivity index (χ1v) is 12.2. The van der Waals surface area contributed by atoms with Gasteiger partial charge >= 0.3 is 5.97 Å². The van der Waals surface area contributed by atoms with Crippen LogP contribution in [0.15, 0.2) is 24.8 Å². The standard InChI is InChI=1S/C20H38O4Si/c1-9-12-16(3)18(24-25(7,8)20(4,5)6)15-17(21)13-11-14-19(22)23-10-2/h9,11,14,16-18,21H,1,10,12-13,15H2,2-8H3/b14-11+/t16-,17-,18+/m1/s1. The van der Waals surface area contributed by atoms with Crippen LogP contribution in [0.2, 0.25) is 18.1 Å². The van der Waals surface area contributed by atoms with E-state index in [1.165, 1.54) is 6.08 Å². The summed E-state index contributed by atoms with van der Waals surface area (Å²) in [5.41, 5.74) is 0. The maximum Gasteiger partial charge on any atom is 0.330 e. The van der Waals surface area contributed by atoms with Crippen molar-refractivity contribution in [2.24, 2.45) is 5.92 Å². The quantitative estimate of drug-likeness (QED) is 0.244. The molecule has 0 rings (SSSR count). The molecule has 0 aliphatic carbocycles. The van der Waals surface area contributed by atoms with Crippen LogP contribution in [-0.4, -0.2) is 38.2 Å². The van der Waals surface area contributed by atoms with Gasteiger partial charge in [0, 0.05) is 6.08 Å². The van der Waals surface area contributed by atoms with Crippen molar-refractivity contribution >= 4 is 14.3 Å². The van der Waals surface area contributed by atoms with E-state index < -0.39 is 14.4 Å². The topological polar surface area (TPSA) is 55.8 Å². The van der Waals surface area contributed by atoms with E-state index in [1.807, 2.05) is 6.08 Å². The molecule has 0 saturated heterocycles. The molecule has 0 aliphatic rings. The highest BCUT2D eigenvalue weighted by Crippen LogP contribution is 2.39. The van der Waals surface area contributed by atoms with E-state index >= 15 is 0 Å². The van der Waals surface area contributed by atoms with Crippen LogP contribution in [0.5, 0.6) is 0 Å². The molecular formula is C20H38O4Si. The zero-order chi connectivity index (χ0) is 19.7. The number of rotatable bonds is 11. The lowest BCUT2D eigenvalue weighted by Gasteiger charge is -2.41. The number of esters is 1. The number of ether oxygens (including phenoxy) is 1. The minimum atomic E-state index is -1.92. The lowest BCUT2D eigenvalue weighted by Crippen LogP contribution is -2.46. The van der Waals surface area contributed by atoms with Crippen LogP contribution in [0.25, 0.3) is 0 Å². The first-order valence-electron chi connectivity index (χ1n) is 9.24. The van der Waals surface area contributed by atoms with E-state index in [4.69, 9.17) is 9.16 Å². The Morgan fingerprint density at radius 1 is 1.28 bits per heavy atom. The molecule has 146 valence electrons. The summed E-state index contributed by atoms with van der Waals surface area (Å²) >= 11 is 0. The summed E-state index contributed by atoms with van der Waals surface area (Å²) in [7, 11) is -1.92. The number of hydrogen-bond donors (Lipinski definition) is 1. The highest BCUT2D eigenvalue weighted by atomic mass is 28.4. The molecule has 25 heavy (non-hydrogen) atoms. The minimum Gasteiger partial charge on any atom is -0.463 e. The van der Waals surface area contributed by atoms with E-state index in [0.29, 0.717) is 19.4 Å². The third-order valence-electron chi connectivity index (χ3n) is 4.88. The van der Waals surface area contributed by atoms with Gasteiger partial charge in [-0.05, 0) is 50.2 Å². The molecule has 1 N–H and O–H groups in total. The smallest absolute Gasteiger partial charge is 0.330 e. The van der Waals surface area contributed by atoms with E-state index in [-0.39, 0.29) is 23.0 Å². The molecule has 5 heteroatoms. The lowest BCUT2D eigenvalue weighted by molar-refractivity contribution is -0.137. The Bertz CT molecular complexity index is 437. The van der Waals surface area contributed by atoms with Gasteiger partial charge in [0.05, 0.1) is 18.8 Å². The zero-order valence-corrected chi connectivity index (χ0v) is 18.2. The largest absolute Gasteiger partial charge is 0.463 e. The van der Waals surface area contributed by atoms with E-state index in [1.54, 1.807) is 13.0 Å². The highest BCUT2D eigenvalue weighted by Gasteiger charge is 2.40. The van der Waals surface area contributed by atoms with Crippen LogP contribution in [0.1, 0.15) is 53.9 Å². The van der Waals surface area contributed by atoms with Crippen molar-refractivity contribution in [2.45, 2.75) is 84.2 Å². The molecule has 0 spiro atoms. The number of allylic oxidation sites excluding steroid dienone is 1. The molecule has 0 fully saturated rings. The third kappa shape index (κ3) is 9.38. The predicted molar refractivity (Wildman–Crippen MR) is 107 cm³/mol. The predicted octanol–water partition coefficient (Wildman–Crippen LogP) is 4.85. The molecule has 0 unspecified atom stereocenters. The molecule has 0 aromatic carbocycles. The average Bonchev–Trinajstić information content (AvgIpc) is 2.45. The number of carbonyl (C=O) groups excluding carboxylic acids is 1. The van der Waals surface area contributed by atoms with Crippen molar-refractivity contribution in [3.05, 3.63) is 24.8 Å². The van der Waals surface area contributed by atoms with Crippen LogP contribution >= 0.6 is 0 Å². The van der Waals surface area contributed by atoms with Gasteiger partial charge in [-0.3, -0.25) is 0 Å². The fourth-order valence-corrected chi connectivity index (χ4v) is 3.68. The summed E-state index contributed by atoms with van der Waals surface area (Å²) in [5.74, 6) is -0.0842. The normalized spacial score (nSPS) is 16.5.